The van der Waals surface area contributed by atoms with Crippen LogP contribution in [0, 0.1) is 0 Å². The molecule has 4 rings (SSSR count). The molecule has 1 saturated heterocycles. The van der Waals surface area contributed by atoms with Crippen LogP contribution in [0.5, 0.6) is 17.2 Å². The first kappa shape index (κ1) is 29.8. The highest BCUT2D eigenvalue weighted by Gasteiger charge is 2.16. The Labute approximate surface area is 241 Å². The molecule has 1 aliphatic rings. The molecular weight excluding hydrogens is 528 g/mol. The summed E-state index contributed by atoms with van der Waals surface area (Å²) in [7, 11) is 4.96. The van der Waals surface area contributed by atoms with E-state index in [2.05, 4.69) is 38.3 Å². The van der Waals surface area contributed by atoms with E-state index in [1.54, 1.807) is 21.3 Å². The van der Waals surface area contributed by atoms with Crippen molar-refractivity contribution < 1.29 is 23.7 Å². The van der Waals surface area contributed by atoms with Crippen LogP contribution >= 0.6 is 11.3 Å². The lowest BCUT2D eigenvalue weighted by Gasteiger charge is -2.26. The number of hydrogen-bond acceptors (Lipinski definition) is 9. The highest BCUT2D eigenvalue weighted by atomic mass is 32.1. The van der Waals surface area contributed by atoms with Gasteiger partial charge in [0.2, 0.25) is 0 Å². The van der Waals surface area contributed by atoms with Crippen molar-refractivity contribution in [3.8, 4) is 17.2 Å². The first-order valence-corrected chi connectivity index (χ1v) is 14.5. The molecule has 1 aromatic heterocycles. The van der Waals surface area contributed by atoms with Crippen LogP contribution in [-0.2, 0) is 24.2 Å². The molecule has 2 aromatic carbocycles. The number of aromatic nitrogens is 1. The summed E-state index contributed by atoms with van der Waals surface area (Å²) >= 11 is 1.53. The molecule has 0 saturated carbocycles. The standard InChI is InChI=1S/C30H40N4O5S/c1-36-25-8-5-24(6-9-25)20-34(14-11-23-7-10-27(37-2)28(19-23)38-3)21-29-32-26(22-40-29)30(35)31-12-4-13-33-15-17-39-18-16-33/h5-10,19,22H,4,11-18,20-21H2,1-3H3,(H,31,35). The van der Waals surface area contributed by atoms with Crippen molar-refractivity contribution in [1.82, 2.24) is 20.1 Å². The summed E-state index contributed by atoms with van der Waals surface area (Å²) in [4.78, 5) is 22.1. The molecule has 0 unspecified atom stereocenters. The van der Waals surface area contributed by atoms with Crippen molar-refractivity contribution in [3.63, 3.8) is 0 Å². The third-order valence-electron chi connectivity index (χ3n) is 6.91. The number of methoxy groups -OCH3 is 3. The van der Waals surface area contributed by atoms with E-state index in [4.69, 9.17) is 18.9 Å². The minimum Gasteiger partial charge on any atom is -0.497 e. The lowest BCUT2D eigenvalue weighted by Crippen LogP contribution is -2.38. The number of thiazole rings is 1. The average Bonchev–Trinajstić information content (AvgIpc) is 3.47. The van der Waals surface area contributed by atoms with Crippen molar-refractivity contribution in [2.45, 2.75) is 25.9 Å². The largest absolute Gasteiger partial charge is 0.497 e. The van der Waals surface area contributed by atoms with E-state index in [-0.39, 0.29) is 5.91 Å². The van der Waals surface area contributed by atoms with Crippen molar-refractivity contribution in [3.05, 3.63) is 69.7 Å². The number of carbonyl (C=O) groups excluding carboxylic acids is 1. The number of benzene rings is 2. The van der Waals surface area contributed by atoms with Crippen LogP contribution in [0.15, 0.2) is 47.8 Å². The Morgan fingerprint density at radius 3 is 2.48 bits per heavy atom. The molecule has 9 nitrogen and oxygen atoms in total. The molecular formula is C30H40N4O5S. The Morgan fingerprint density at radius 2 is 1.75 bits per heavy atom. The highest BCUT2D eigenvalue weighted by Crippen LogP contribution is 2.28. The van der Waals surface area contributed by atoms with Crippen LogP contribution in [0.2, 0.25) is 0 Å². The second-order valence-corrected chi connectivity index (χ2v) is 10.6. The summed E-state index contributed by atoms with van der Waals surface area (Å²) in [6.45, 7) is 7.31. The molecule has 1 fully saturated rings. The van der Waals surface area contributed by atoms with E-state index in [1.165, 1.54) is 16.9 Å². The maximum Gasteiger partial charge on any atom is 0.270 e. The number of nitrogens with one attached hydrogen (secondary N) is 1. The highest BCUT2D eigenvalue weighted by molar-refractivity contribution is 7.09. The lowest BCUT2D eigenvalue weighted by atomic mass is 10.1. The predicted molar refractivity (Wildman–Crippen MR) is 157 cm³/mol. The Kier molecular flexibility index (Phi) is 11.6. The monoisotopic (exact) mass is 568 g/mol. The number of morpholine rings is 1. The van der Waals surface area contributed by atoms with Crippen LogP contribution in [0.4, 0.5) is 0 Å². The molecule has 1 N–H and O–H groups in total. The fourth-order valence-corrected chi connectivity index (χ4v) is 5.44. The molecule has 1 aliphatic heterocycles. The third kappa shape index (κ3) is 8.92. The quantitative estimate of drug-likeness (QED) is 0.277. The molecule has 1 amide bonds. The maximum atomic E-state index is 12.7. The fraction of sp³-hybridized carbons (Fsp3) is 0.467. The third-order valence-corrected chi connectivity index (χ3v) is 7.75. The topological polar surface area (TPSA) is 85.4 Å². The summed E-state index contributed by atoms with van der Waals surface area (Å²) in [6, 6.07) is 14.2. The second-order valence-electron chi connectivity index (χ2n) is 9.69. The molecule has 0 spiro atoms. The van der Waals surface area contributed by atoms with Gasteiger partial charge in [0.25, 0.3) is 5.91 Å². The van der Waals surface area contributed by atoms with Crippen molar-refractivity contribution in [2.75, 3.05) is 67.3 Å². The van der Waals surface area contributed by atoms with Gasteiger partial charge in [-0.3, -0.25) is 14.6 Å². The van der Waals surface area contributed by atoms with Crippen LogP contribution < -0.4 is 19.5 Å². The number of rotatable bonds is 15. The molecule has 10 heteroatoms. The summed E-state index contributed by atoms with van der Waals surface area (Å²) in [5.74, 6) is 2.16. The SMILES string of the molecule is COc1ccc(CN(CCc2ccc(OC)c(OC)c2)Cc2nc(C(=O)NCCCN3CCOCC3)cs2)cc1. The van der Waals surface area contributed by atoms with Crippen molar-refractivity contribution in [2.24, 2.45) is 0 Å². The summed E-state index contributed by atoms with van der Waals surface area (Å²) in [5, 5.41) is 5.79. The first-order valence-electron chi connectivity index (χ1n) is 13.7. The van der Waals surface area contributed by atoms with Crippen molar-refractivity contribution >= 4 is 17.2 Å². The fourth-order valence-electron chi connectivity index (χ4n) is 4.63. The maximum absolute atomic E-state index is 12.7. The Hall–Kier alpha value is -3.18. The van der Waals surface area contributed by atoms with Gasteiger partial charge in [-0.05, 0) is 54.8 Å². The van der Waals surface area contributed by atoms with E-state index in [1.807, 2.05) is 29.6 Å². The molecule has 0 bridgehead atoms. The van der Waals surface area contributed by atoms with Gasteiger partial charge in [-0.25, -0.2) is 4.98 Å². The Bertz CT molecular complexity index is 1200. The average molecular weight is 569 g/mol. The van der Waals surface area contributed by atoms with E-state index in [0.29, 0.717) is 18.8 Å². The Balaban J connectivity index is 1.35. The zero-order valence-electron chi connectivity index (χ0n) is 23.7. The molecule has 40 heavy (non-hydrogen) atoms. The molecule has 2 heterocycles. The smallest absolute Gasteiger partial charge is 0.270 e. The minimum absolute atomic E-state index is 0.114. The normalized spacial score (nSPS) is 13.8. The number of hydrogen-bond donors (Lipinski definition) is 1. The van der Waals surface area contributed by atoms with Gasteiger partial charge >= 0.3 is 0 Å². The van der Waals surface area contributed by atoms with Crippen LogP contribution in [-0.4, -0.2) is 88.0 Å². The van der Waals surface area contributed by atoms with Crippen molar-refractivity contribution in [1.29, 1.82) is 0 Å². The number of amides is 1. The van der Waals surface area contributed by atoms with Gasteiger partial charge in [0.05, 0.1) is 41.1 Å². The molecule has 3 aromatic rings. The predicted octanol–water partition coefficient (Wildman–Crippen LogP) is 3.87. The summed E-state index contributed by atoms with van der Waals surface area (Å²) in [5.41, 5.74) is 2.83. The molecule has 216 valence electrons. The van der Waals surface area contributed by atoms with Gasteiger partial charge in [0.15, 0.2) is 11.5 Å². The van der Waals surface area contributed by atoms with Gasteiger partial charge in [-0.1, -0.05) is 18.2 Å². The van der Waals surface area contributed by atoms with E-state index in [9.17, 15) is 4.79 Å². The number of ether oxygens (including phenoxy) is 4. The zero-order chi connectivity index (χ0) is 28.2. The molecule has 0 radical (unpaired) electrons. The van der Waals surface area contributed by atoms with Crippen LogP contribution in [0.1, 0.15) is 33.0 Å². The summed E-state index contributed by atoms with van der Waals surface area (Å²) < 4.78 is 21.6. The lowest BCUT2D eigenvalue weighted by molar-refractivity contribution is 0.0374. The first-order chi connectivity index (χ1) is 19.6. The van der Waals surface area contributed by atoms with Crippen LogP contribution in [0.25, 0.3) is 0 Å². The van der Waals surface area contributed by atoms with Gasteiger partial charge in [0.1, 0.15) is 16.5 Å². The zero-order valence-corrected chi connectivity index (χ0v) is 24.5. The molecule has 0 atom stereocenters. The number of nitrogens with zero attached hydrogens (tertiary/aromatic N) is 3. The van der Waals surface area contributed by atoms with Gasteiger partial charge in [-0.15, -0.1) is 11.3 Å². The number of carbonyl (C=O) groups is 1. The van der Waals surface area contributed by atoms with E-state index in [0.717, 1.165) is 86.6 Å². The van der Waals surface area contributed by atoms with Gasteiger partial charge in [0, 0.05) is 38.1 Å². The van der Waals surface area contributed by atoms with Crippen LogP contribution in [0.3, 0.4) is 0 Å². The van der Waals surface area contributed by atoms with Gasteiger partial charge < -0.3 is 24.3 Å². The minimum atomic E-state index is -0.114. The molecule has 0 aliphatic carbocycles. The Morgan fingerprint density at radius 1 is 1.00 bits per heavy atom. The van der Waals surface area contributed by atoms with E-state index < -0.39 is 0 Å². The summed E-state index contributed by atoms with van der Waals surface area (Å²) in [6.07, 6.45) is 1.74. The van der Waals surface area contributed by atoms with Gasteiger partial charge in [-0.2, -0.15) is 0 Å². The van der Waals surface area contributed by atoms with E-state index >= 15 is 0 Å². The second kappa shape index (κ2) is 15.6.